The average molecular weight is 409 g/mol. The van der Waals surface area contributed by atoms with Gasteiger partial charge < -0.3 is 20.3 Å². The minimum absolute atomic E-state index is 0.0330. The van der Waals surface area contributed by atoms with Gasteiger partial charge in [0.15, 0.2) is 0 Å². The van der Waals surface area contributed by atoms with Crippen LogP contribution < -0.4 is 5.32 Å². The van der Waals surface area contributed by atoms with Crippen molar-refractivity contribution in [2.24, 2.45) is 10.8 Å². The first-order valence-electron chi connectivity index (χ1n) is 9.09. The molecule has 0 aliphatic carbocycles. The van der Waals surface area contributed by atoms with Gasteiger partial charge in [-0.2, -0.15) is 5.26 Å². The number of nitrogens with one attached hydrogen (secondary N) is 1. The Labute approximate surface area is 169 Å². The number of halogens is 1. The molecule has 2 rings (SSSR count). The van der Waals surface area contributed by atoms with Crippen LogP contribution in [0.3, 0.4) is 0 Å². The molecule has 5 atom stereocenters. The third-order valence-corrected chi connectivity index (χ3v) is 6.54. The summed E-state index contributed by atoms with van der Waals surface area (Å²) in [7, 11) is 0. The number of carboxylic acid groups (broad SMARTS) is 2. The van der Waals surface area contributed by atoms with Crippen molar-refractivity contribution < 1.29 is 24.5 Å². The van der Waals surface area contributed by atoms with Crippen molar-refractivity contribution in [2.45, 2.75) is 45.2 Å². The van der Waals surface area contributed by atoms with Crippen LogP contribution in [0.4, 0.5) is 0 Å². The molecule has 1 aromatic carbocycles. The molecule has 1 saturated heterocycles. The van der Waals surface area contributed by atoms with Gasteiger partial charge in [0.25, 0.3) is 0 Å². The maximum atomic E-state index is 12.7. The smallest absolute Gasteiger partial charge is 0.311 e. The van der Waals surface area contributed by atoms with E-state index in [1.807, 2.05) is 6.07 Å². The van der Waals surface area contributed by atoms with Gasteiger partial charge in [-0.15, -0.1) is 0 Å². The minimum atomic E-state index is -1.50. The largest absolute Gasteiger partial charge is 0.481 e. The van der Waals surface area contributed by atoms with Crippen LogP contribution in [0.2, 0.25) is 5.02 Å². The Morgan fingerprint density at radius 1 is 1.32 bits per heavy atom. The normalized spacial score (nSPS) is 32.5. The Bertz CT molecular complexity index is 795. The van der Waals surface area contributed by atoms with E-state index in [1.54, 1.807) is 45.0 Å². The van der Waals surface area contributed by atoms with Crippen LogP contribution in [0.15, 0.2) is 24.3 Å². The molecular formula is C20H25ClN2O5. The van der Waals surface area contributed by atoms with Crippen LogP contribution >= 0.6 is 11.6 Å². The molecule has 1 aromatic rings. The van der Waals surface area contributed by atoms with Crippen molar-refractivity contribution in [3.05, 3.63) is 34.9 Å². The molecule has 1 heterocycles. The van der Waals surface area contributed by atoms with Gasteiger partial charge in [-0.3, -0.25) is 9.59 Å². The lowest BCUT2D eigenvalue weighted by Gasteiger charge is -2.56. The van der Waals surface area contributed by atoms with Gasteiger partial charge in [0.1, 0.15) is 6.61 Å². The molecule has 0 bridgehead atoms. The fourth-order valence-corrected chi connectivity index (χ4v) is 4.77. The SMILES string of the molecule is CCC1(C(=O)O)C(COCC#N)NC(C)C(C)(C(=O)O)C1c1ccccc1Cl. The molecule has 0 saturated carbocycles. The molecule has 3 N–H and O–H groups in total. The summed E-state index contributed by atoms with van der Waals surface area (Å²) in [6.45, 7) is 4.78. The van der Waals surface area contributed by atoms with E-state index in [-0.39, 0.29) is 19.6 Å². The highest BCUT2D eigenvalue weighted by Crippen LogP contribution is 2.57. The molecule has 0 aromatic heterocycles. The minimum Gasteiger partial charge on any atom is -0.481 e. The van der Waals surface area contributed by atoms with Gasteiger partial charge in [0.2, 0.25) is 0 Å². The second kappa shape index (κ2) is 8.48. The molecule has 1 aliphatic heterocycles. The van der Waals surface area contributed by atoms with Crippen molar-refractivity contribution in [1.29, 1.82) is 5.26 Å². The first kappa shape index (κ1) is 22.2. The molecule has 8 heteroatoms. The number of benzene rings is 1. The molecule has 0 radical (unpaired) electrons. The fourth-order valence-electron chi connectivity index (χ4n) is 4.52. The quantitative estimate of drug-likeness (QED) is 0.593. The zero-order valence-corrected chi connectivity index (χ0v) is 16.9. The van der Waals surface area contributed by atoms with Crippen molar-refractivity contribution in [2.75, 3.05) is 13.2 Å². The van der Waals surface area contributed by atoms with Gasteiger partial charge in [0, 0.05) is 23.0 Å². The summed E-state index contributed by atoms with van der Waals surface area (Å²) < 4.78 is 5.35. The van der Waals surface area contributed by atoms with Crippen molar-refractivity contribution in [1.82, 2.24) is 5.32 Å². The summed E-state index contributed by atoms with van der Waals surface area (Å²) in [5, 5.41) is 32.7. The first-order chi connectivity index (χ1) is 13.2. The van der Waals surface area contributed by atoms with Crippen LogP contribution in [0.25, 0.3) is 0 Å². The third-order valence-electron chi connectivity index (χ3n) is 6.20. The van der Waals surface area contributed by atoms with Gasteiger partial charge in [-0.25, -0.2) is 0 Å². The van der Waals surface area contributed by atoms with E-state index < -0.39 is 40.8 Å². The lowest BCUT2D eigenvalue weighted by molar-refractivity contribution is -0.173. The Kier molecular flexibility index (Phi) is 6.71. The number of rotatable bonds is 7. The second-order valence-electron chi connectivity index (χ2n) is 7.36. The summed E-state index contributed by atoms with van der Waals surface area (Å²) in [5.41, 5.74) is -2.46. The van der Waals surface area contributed by atoms with Crippen molar-refractivity contribution in [3.63, 3.8) is 0 Å². The highest BCUT2D eigenvalue weighted by molar-refractivity contribution is 6.31. The van der Waals surface area contributed by atoms with Crippen molar-refractivity contribution in [3.8, 4) is 6.07 Å². The Morgan fingerprint density at radius 3 is 2.46 bits per heavy atom. The molecule has 7 nitrogen and oxygen atoms in total. The maximum absolute atomic E-state index is 12.7. The summed E-state index contributed by atoms with van der Waals surface area (Å²) in [4.78, 5) is 25.1. The lowest BCUT2D eigenvalue weighted by atomic mass is 9.51. The Hall–Kier alpha value is -2.14. The highest BCUT2D eigenvalue weighted by Gasteiger charge is 2.65. The molecule has 1 aliphatic rings. The topological polar surface area (TPSA) is 120 Å². The van der Waals surface area contributed by atoms with Gasteiger partial charge in [-0.05, 0) is 31.9 Å². The summed E-state index contributed by atoms with van der Waals surface area (Å²) in [5.74, 6) is -3.15. The summed E-state index contributed by atoms with van der Waals surface area (Å²) in [6.07, 6.45) is 0.154. The Balaban J connectivity index is 2.77. The second-order valence-corrected chi connectivity index (χ2v) is 7.76. The summed E-state index contributed by atoms with van der Waals surface area (Å²) >= 11 is 6.42. The van der Waals surface area contributed by atoms with Gasteiger partial charge in [0.05, 0.1) is 23.5 Å². The van der Waals surface area contributed by atoms with E-state index in [9.17, 15) is 19.8 Å². The third kappa shape index (κ3) is 3.37. The number of piperidine rings is 1. The fraction of sp³-hybridized carbons (Fsp3) is 0.550. The van der Waals surface area contributed by atoms with E-state index >= 15 is 0 Å². The molecule has 1 fully saturated rings. The van der Waals surface area contributed by atoms with Gasteiger partial charge >= 0.3 is 11.9 Å². The average Bonchev–Trinajstić information content (AvgIpc) is 2.64. The Morgan fingerprint density at radius 2 is 1.96 bits per heavy atom. The zero-order valence-electron chi connectivity index (χ0n) is 16.1. The standard InChI is InChI=1S/C20H25ClN2O5/c1-4-20(18(26)27)15(11-28-10-9-22)23-12(2)19(3,17(24)25)16(20)13-7-5-6-8-14(13)21/h5-8,12,15-16,23H,4,10-11H2,1-3H3,(H,24,25)(H,26,27). The van der Waals surface area contributed by atoms with E-state index in [1.165, 1.54) is 0 Å². The molecule has 28 heavy (non-hydrogen) atoms. The van der Waals surface area contributed by atoms with E-state index in [0.29, 0.717) is 10.6 Å². The lowest BCUT2D eigenvalue weighted by Crippen LogP contribution is -2.70. The monoisotopic (exact) mass is 408 g/mol. The van der Waals surface area contributed by atoms with E-state index in [4.69, 9.17) is 21.6 Å². The number of ether oxygens (including phenoxy) is 1. The predicted molar refractivity (Wildman–Crippen MR) is 103 cm³/mol. The van der Waals surface area contributed by atoms with E-state index in [0.717, 1.165) is 0 Å². The number of carboxylic acids is 2. The van der Waals surface area contributed by atoms with Crippen molar-refractivity contribution >= 4 is 23.5 Å². The number of nitrogens with zero attached hydrogens (tertiary/aromatic N) is 1. The van der Waals surface area contributed by atoms with Crippen LogP contribution in [0.1, 0.15) is 38.7 Å². The molecule has 0 amide bonds. The number of carbonyl (C=O) groups is 2. The zero-order chi connectivity index (χ0) is 21.1. The summed E-state index contributed by atoms with van der Waals surface area (Å²) in [6, 6.07) is 7.36. The number of aliphatic carboxylic acids is 2. The first-order valence-corrected chi connectivity index (χ1v) is 9.47. The number of hydrogen-bond acceptors (Lipinski definition) is 5. The van der Waals surface area contributed by atoms with Crippen LogP contribution in [0, 0.1) is 22.2 Å². The maximum Gasteiger partial charge on any atom is 0.311 e. The highest BCUT2D eigenvalue weighted by atomic mass is 35.5. The molecule has 152 valence electrons. The predicted octanol–water partition coefficient (Wildman–Crippen LogP) is 2.90. The van der Waals surface area contributed by atoms with Crippen LogP contribution in [-0.2, 0) is 14.3 Å². The van der Waals surface area contributed by atoms with Gasteiger partial charge in [-0.1, -0.05) is 36.7 Å². The molecular weight excluding hydrogens is 384 g/mol. The van der Waals surface area contributed by atoms with Crippen LogP contribution in [0.5, 0.6) is 0 Å². The van der Waals surface area contributed by atoms with Crippen LogP contribution in [-0.4, -0.2) is 47.4 Å². The molecule has 5 unspecified atom stereocenters. The number of nitriles is 1. The van der Waals surface area contributed by atoms with E-state index in [2.05, 4.69) is 5.32 Å². The molecule has 0 spiro atoms. The number of hydrogen-bond donors (Lipinski definition) is 3.